The summed E-state index contributed by atoms with van der Waals surface area (Å²) >= 11 is 0. The molecule has 6 heteroatoms. The molecule has 2 N–H and O–H groups in total. The number of hydrogen-bond donors (Lipinski definition) is 1. The predicted octanol–water partition coefficient (Wildman–Crippen LogP) is -0.0526. The lowest BCUT2D eigenvalue weighted by Crippen LogP contribution is -2.11. The van der Waals surface area contributed by atoms with Crippen LogP contribution in [-0.4, -0.2) is 30.2 Å². The number of sulfone groups is 1. The predicted molar refractivity (Wildman–Crippen MR) is 54.5 cm³/mol. The lowest BCUT2D eigenvalue weighted by Gasteiger charge is -2.00. The van der Waals surface area contributed by atoms with Crippen LogP contribution in [0.25, 0.3) is 0 Å². The number of nitrogens with two attached hydrogens (primary N) is 1. The molecule has 0 aliphatic carbocycles. The summed E-state index contributed by atoms with van der Waals surface area (Å²) in [4.78, 5) is 0. The molecule has 0 saturated carbocycles. The first-order valence-corrected chi connectivity index (χ1v) is 6.40. The fourth-order valence-corrected chi connectivity index (χ4v) is 1.52. The molecule has 5 nitrogen and oxygen atoms in total. The molecule has 1 unspecified atom stereocenters. The highest BCUT2D eigenvalue weighted by atomic mass is 32.2. The molecule has 1 rings (SSSR count). The van der Waals surface area contributed by atoms with E-state index in [0.29, 0.717) is 6.54 Å². The molecule has 0 fully saturated rings. The molecule has 1 aromatic rings. The second-order valence-electron chi connectivity index (χ2n) is 3.46. The Morgan fingerprint density at radius 3 is 2.71 bits per heavy atom. The lowest BCUT2D eigenvalue weighted by molar-refractivity contribution is 0.586. The summed E-state index contributed by atoms with van der Waals surface area (Å²) in [6.45, 7) is 2.24. The third-order valence-corrected chi connectivity index (χ3v) is 2.79. The van der Waals surface area contributed by atoms with E-state index in [0.717, 1.165) is 5.56 Å². The Balaban J connectivity index is 2.61. The molecular weight excluding hydrogens is 202 g/mol. The number of nitrogens with zero attached hydrogens (tertiary/aromatic N) is 2. The summed E-state index contributed by atoms with van der Waals surface area (Å²) in [6, 6.07) is -0.0676. The van der Waals surface area contributed by atoms with Gasteiger partial charge in [0.05, 0.1) is 18.5 Å². The number of aryl methyl sites for hydroxylation is 1. The van der Waals surface area contributed by atoms with Crippen molar-refractivity contribution in [3.63, 3.8) is 0 Å². The third kappa shape index (κ3) is 3.47. The van der Waals surface area contributed by atoms with Gasteiger partial charge < -0.3 is 5.73 Å². The van der Waals surface area contributed by atoms with E-state index in [1.165, 1.54) is 6.26 Å². The largest absolute Gasteiger partial charge is 0.324 e. The van der Waals surface area contributed by atoms with E-state index in [1.54, 1.807) is 17.1 Å². The van der Waals surface area contributed by atoms with Crippen LogP contribution in [0.4, 0.5) is 0 Å². The van der Waals surface area contributed by atoms with Gasteiger partial charge in [0.2, 0.25) is 0 Å². The molecule has 1 aromatic heterocycles. The Kier molecular flexibility index (Phi) is 3.28. The summed E-state index contributed by atoms with van der Waals surface area (Å²) in [7, 11) is -2.93. The van der Waals surface area contributed by atoms with Gasteiger partial charge in [-0.3, -0.25) is 4.68 Å². The van der Waals surface area contributed by atoms with Crippen molar-refractivity contribution in [1.82, 2.24) is 9.78 Å². The first kappa shape index (κ1) is 11.2. The summed E-state index contributed by atoms with van der Waals surface area (Å²) in [5, 5.41) is 4.01. The summed E-state index contributed by atoms with van der Waals surface area (Å²) in [5.41, 5.74) is 6.55. The molecular formula is C8H15N3O2S. The zero-order valence-electron chi connectivity index (χ0n) is 8.34. The molecule has 80 valence electrons. The molecule has 0 spiro atoms. The first-order valence-electron chi connectivity index (χ1n) is 4.34. The van der Waals surface area contributed by atoms with Crippen molar-refractivity contribution >= 4 is 9.84 Å². The van der Waals surface area contributed by atoms with Crippen molar-refractivity contribution in [3.8, 4) is 0 Å². The van der Waals surface area contributed by atoms with Crippen LogP contribution >= 0.6 is 0 Å². The van der Waals surface area contributed by atoms with Gasteiger partial charge >= 0.3 is 0 Å². The second kappa shape index (κ2) is 4.10. The van der Waals surface area contributed by atoms with Crippen molar-refractivity contribution in [2.24, 2.45) is 5.73 Å². The Labute approximate surface area is 83.8 Å². The van der Waals surface area contributed by atoms with Gasteiger partial charge in [-0.1, -0.05) is 0 Å². The normalized spacial score (nSPS) is 14.2. The van der Waals surface area contributed by atoms with E-state index in [2.05, 4.69) is 5.10 Å². The molecule has 0 radical (unpaired) electrons. The van der Waals surface area contributed by atoms with Crippen molar-refractivity contribution in [2.45, 2.75) is 19.5 Å². The van der Waals surface area contributed by atoms with Crippen molar-refractivity contribution in [2.75, 3.05) is 12.0 Å². The average molecular weight is 217 g/mol. The van der Waals surface area contributed by atoms with E-state index in [9.17, 15) is 8.42 Å². The number of aromatic nitrogens is 2. The zero-order valence-corrected chi connectivity index (χ0v) is 9.16. The van der Waals surface area contributed by atoms with Gasteiger partial charge in [-0.05, 0) is 6.92 Å². The monoisotopic (exact) mass is 217 g/mol. The Morgan fingerprint density at radius 1 is 1.64 bits per heavy atom. The molecule has 0 aromatic carbocycles. The molecule has 0 aliphatic heterocycles. The Morgan fingerprint density at radius 2 is 2.29 bits per heavy atom. The average Bonchev–Trinajstić information content (AvgIpc) is 2.47. The minimum atomic E-state index is -2.93. The van der Waals surface area contributed by atoms with Crippen LogP contribution < -0.4 is 5.73 Å². The van der Waals surface area contributed by atoms with E-state index in [-0.39, 0.29) is 11.8 Å². The molecule has 0 saturated heterocycles. The van der Waals surface area contributed by atoms with Crippen LogP contribution in [0.1, 0.15) is 18.5 Å². The number of rotatable bonds is 4. The van der Waals surface area contributed by atoms with Crippen LogP contribution in [0.15, 0.2) is 12.4 Å². The Hall–Kier alpha value is -0.880. The van der Waals surface area contributed by atoms with Crippen LogP contribution in [-0.2, 0) is 16.4 Å². The van der Waals surface area contributed by atoms with Crippen molar-refractivity contribution in [1.29, 1.82) is 0 Å². The highest BCUT2D eigenvalue weighted by molar-refractivity contribution is 7.90. The lowest BCUT2D eigenvalue weighted by atomic mass is 10.2. The van der Waals surface area contributed by atoms with Crippen LogP contribution in [0.5, 0.6) is 0 Å². The molecule has 1 atom stereocenters. The zero-order chi connectivity index (χ0) is 10.8. The molecule has 0 bridgehead atoms. The standard InChI is InChI=1S/C8H15N3O2S/c1-7(9)8-5-10-11(6-8)3-4-14(2,12)13/h5-7H,3-4,9H2,1-2H3. The van der Waals surface area contributed by atoms with Crippen LogP contribution in [0.2, 0.25) is 0 Å². The van der Waals surface area contributed by atoms with Gasteiger partial charge in [0.25, 0.3) is 0 Å². The van der Waals surface area contributed by atoms with Crippen LogP contribution in [0.3, 0.4) is 0 Å². The fourth-order valence-electron chi connectivity index (χ4n) is 0.996. The summed E-state index contributed by atoms with van der Waals surface area (Å²) in [6.07, 6.45) is 4.64. The van der Waals surface area contributed by atoms with Gasteiger partial charge in [-0.25, -0.2) is 8.42 Å². The fraction of sp³-hybridized carbons (Fsp3) is 0.625. The topological polar surface area (TPSA) is 78.0 Å². The van der Waals surface area contributed by atoms with Gasteiger partial charge in [0, 0.05) is 24.1 Å². The van der Waals surface area contributed by atoms with Gasteiger partial charge in [0.1, 0.15) is 9.84 Å². The maximum atomic E-state index is 10.9. The van der Waals surface area contributed by atoms with Crippen LogP contribution in [0, 0.1) is 0 Å². The summed E-state index contributed by atoms with van der Waals surface area (Å²) < 4.78 is 23.4. The maximum Gasteiger partial charge on any atom is 0.149 e. The Bertz CT molecular complexity index is 394. The van der Waals surface area contributed by atoms with Gasteiger partial charge in [-0.2, -0.15) is 5.10 Å². The first-order chi connectivity index (χ1) is 6.38. The van der Waals surface area contributed by atoms with Gasteiger partial charge in [0.15, 0.2) is 0 Å². The molecule has 1 heterocycles. The SMILES string of the molecule is CC(N)c1cnn(CCS(C)(=O)=O)c1. The van der Waals surface area contributed by atoms with E-state index >= 15 is 0 Å². The maximum absolute atomic E-state index is 10.9. The van der Waals surface area contributed by atoms with Crippen molar-refractivity contribution in [3.05, 3.63) is 18.0 Å². The second-order valence-corrected chi connectivity index (χ2v) is 5.72. The molecule has 0 amide bonds. The highest BCUT2D eigenvalue weighted by Crippen LogP contribution is 2.06. The van der Waals surface area contributed by atoms with Gasteiger partial charge in [-0.15, -0.1) is 0 Å². The van der Waals surface area contributed by atoms with E-state index in [1.807, 2.05) is 6.92 Å². The molecule has 0 aliphatic rings. The third-order valence-electron chi connectivity index (χ3n) is 1.87. The number of hydrogen-bond acceptors (Lipinski definition) is 4. The van der Waals surface area contributed by atoms with Crippen molar-refractivity contribution < 1.29 is 8.42 Å². The van der Waals surface area contributed by atoms with E-state index < -0.39 is 9.84 Å². The smallest absolute Gasteiger partial charge is 0.149 e. The molecule has 14 heavy (non-hydrogen) atoms. The quantitative estimate of drug-likeness (QED) is 0.767. The minimum Gasteiger partial charge on any atom is -0.324 e. The summed E-state index contributed by atoms with van der Waals surface area (Å²) in [5.74, 6) is 0.104. The van der Waals surface area contributed by atoms with E-state index in [4.69, 9.17) is 5.73 Å². The highest BCUT2D eigenvalue weighted by Gasteiger charge is 2.05. The minimum absolute atomic E-state index is 0.0676.